The fourth-order valence-electron chi connectivity index (χ4n) is 1.88. The molecule has 0 N–H and O–H groups in total. The van der Waals surface area contributed by atoms with Gasteiger partial charge in [0.1, 0.15) is 5.25 Å². The van der Waals surface area contributed by atoms with Crippen LogP contribution in [-0.4, -0.2) is 25.2 Å². The Hall–Kier alpha value is 0.280. The first kappa shape index (κ1) is 13.7. The van der Waals surface area contributed by atoms with Crippen molar-refractivity contribution < 1.29 is 13.2 Å². The highest BCUT2D eigenvalue weighted by atomic mass is 79.9. The van der Waals surface area contributed by atoms with Crippen molar-refractivity contribution in [1.29, 1.82) is 0 Å². The molecule has 0 bridgehead atoms. The maximum atomic E-state index is 12.2. The highest BCUT2D eigenvalue weighted by Gasteiger charge is 2.36. The number of sulfone groups is 1. The molecule has 7 heteroatoms. The van der Waals surface area contributed by atoms with Gasteiger partial charge in [-0.2, -0.15) is 0 Å². The molecule has 1 atom stereocenters. The Labute approximate surface area is 121 Å². The summed E-state index contributed by atoms with van der Waals surface area (Å²) in [4.78, 5) is 12.7. The van der Waals surface area contributed by atoms with Gasteiger partial charge in [0, 0.05) is 9.85 Å². The summed E-state index contributed by atoms with van der Waals surface area (Å²) in [5.74, 6) is -0.139. The minimum Gasteiger partial charge on any atom is -0.292 e. The Morgan fingerprint density at radius 2 is 2.06 bits per heavy atom. The predicted molar refractivity (Wildman–Crippen MR) is 75.5 cm³/mol. The van der Waals surface area contributed by atoms with Crippen LogP contribution in [0.3, 0.4) is 0 Å². The third-order valence-corrected chi connectivity index (χ3v) is 8.50. The first-order valence-electron chi connectivity index (χ1n) is 5.12. The summed E-state index contributed by atoms with van der Waals surface area (Å²) in [5.41, 5.74) is 0. The summed E-state index contributed by atoms with van der Waals surface area (Å²) >= 11 is 7.87. The molecule has 0 radical (unpaired) electrons. The zero-order valence-electron chi connectivity index (χ0n) is 8.78. The molecule has 1 fully saturated rings. The minimum absolute atomic E-state index is 0.133. The van der Waals surface area contributed by atoms with Crippen molar-refractivity contribution in [2.24, 2.45) is 0 Å². The molecule has 0 aliphatic carbocycles. The Kier molecular flexibility index (Phi) is 4.12. The smallest absolute Gasteiger partial charge is 0.192 e. The van der Waals surface area contributed by atoms with Gasteiger partial charge in [0.2, 0.25) is 0 Å². The zero-order valence-corrected chi connectivity index (χ0v) is 13.6. The van der Waals surface area contributed by atoms with Crippen molar-refractivity contribution in [3.8, 4) is 0 Å². The molecule has 17 heavy (non-hydrogen) atoms. The Morgan fingerprint density at radius 1 is 1.35 bits per heavy atom. The van der Waals surface area contributed by atoms with Crippen LogP contribution in [0, 0.1) is 0 Å². The molecule has 0 amide bonds. The van der Waals surface area contributed by atoms with E-state index in [0.717, 1.165) is 10.9 Å². The van der Waals surface area contributed by atoms with Gasteiger partial charge in [-0.1, -0.05) is 6.42 Å². The van der Waals surface area contributed by atoms with Crippen LogP contribution in [0.25, 0.3) is 0 Å². The normalized spacial score (nSPS) is 23.5. The van der Waals surface area contributed by atoms with E-state index in [-0.39, 0.29) is 11.5 Å². The number of rotatable bonds is 2. The van der Waals surface area contributed by atoms with Crippen molar-refractivity contribution >= 4 is 58.8 Å². The van der Waals surface area contributed by atoms with Crippen LogP contribution < -0.4 is 0 Å². The van der Waals surface area contributed by atoms with Crippen LogP contribution in [0.5, 0.6) is 0 Å². The van der Waals surface area contributed by atoms with Crippen LogP contribution in [0.1, 0.15) is 28.9 Å². The molecule has 3 nitrogen and oxygen atoms in total. The highest BCUT2D eigenvalue weighted by molar-refractivity contribution is 9.13. The van der Waals surface area contributed by atoms with Gasteiger partial charge in [-0.05, 0) is 44.7 Å². The average Bonchev–Trinajstić information content (AvgIpc) is 2.58. The average molecular weight is 402 g/mol. The zero-order chi connectivity index (χ0) is 12.6. The van der Waals surface area contributed by atoms with Crippen LogP contribution in [0.2, 0.25) is 0 Å². The summed E-state index contributed by atoms with van der Waals surface area (Å²) in [7, 11) is -3.26. The third-order valence-electron chi connectivity index (χ3n) is 2.78. The number of carbonyl (C=O) groups is 1. The Morgan fingerprint density at radius 3 is 2.59 bits per heavy atom. The Bertz CT molecular complexity index is 548. The first-order chi connectivity index (χ1) is 7.93. The second-order valence-corrected chi connectivity index (χ2v) is 8.77. The quantitative estimate of drug-likeness (QED) is 0.713. The molecule has 1 aliphatic heterocycles. The lowest BCUT2D eigenvalue weighted by Crippen LogP contribution is -2.35. The minimum atomic E-state index is -3.26. The van der Waals surface area contributed by atoms with Crippen LogP contribution in [0.15, 0.2) is 14.3 Å². The predicted octanol–water partition coefficient (Wildman–Crippen LogP) is 3.42. The number of halogens is 2. The van der Waals surface area contributed by atoms with Crippen molar-refractivity contribution in [2.75, 3.05) is 5.75 Å². The van der Waals surface area contributed by atoms with E-state index in [1.807, 2.05) is 0 Å². The SMILES string of the molecule is O=C(c1scc(Br)c1Br)C1CCCCS1(=O)=O. The summed E-state index contributed by atoms with van der Waals surface area (Å²) in [6.07, 6.45) is 1.92. The standard InChI is InChI=1S/C10H10Br2O3S2/c11-6-5-16-10(8(6)12)9(13)7-3-1-2-4-17(7,14)15/h5,7H,1-4H2. The van der Waals surface area contributed by atoms with E-state index < -0.39 is 15.1 Å². The number of hydrogen-bond acceptors (Lipinski definition) is 4. The lowest BCUT2D eigenvalue weighted by Gasteiger charge is -2.20. The number of hydrogen-bond donors (Lipinski definition) is 0. The highest BCUT2D eigenvalue weighted by Crippen LogP contribution is 2.35. The van der Waals surface area contributed by atoms with Crippen molar-refractivity contribution in [3.63, 3.8) is 0 Å². The number of thiophene rings is 1. The molecule has 1 unspecified atom stereocenters. The molecule has 0 saturated carbocycles. The van der Waals surface area contributed by atoms with Crippen molar-refractivity contribution in [2.45, 2.75) is 24.5 Å². The van der Waals surface area contributed by atoms with E-state index in [9.17, 15) is 13.2 Å². The van der Waals surface area contributed by atoms with E-state index in [0.29, 0.717) is 22.2 Å². The summed E-state index contributed by atoms with van der Waals surface area (Å²) < 4.78 is 25.2. The largest absolute Gasteiger partial charge is 0.292 e. The fourth-order valence-corrected chi connectivity index (χ4v) is 5.98. The van der Waals surface area contributed by atoms with Gasteiger partial charge < -0.3 is 0 Å². The molecule has 0 aromatic carbocycles. The topological polar surface area (TPSA) is 51.2 Å². The third kappa shape index (κ3) is 2.67. The lowest BCUT2D eigenvalue weighted by atomic mass is 10.1. The summed E-state index contributed by atoms with van der Waals surface area (Å²) in [5, 5.41) is 0.936. The maximum Gasteiger partial charge on any atom is 0.192 e. The van der Waals surface area contributed by atoms with Crippen LogP contribution in [0.4, 0.5) is 0 Å². The molecule has 1 aromatic heterocycles. The number of carbonyl (C=O) groups excluding carboxylic acids is 1. The summed E-state index contributed by atoms with van der Waals surface area (Å²) in [6, 6.07) is 0. The van der Waals surface area contributed by atoms with E-state index in [2.05, 4.69) is 31.9 Å². The Balaban J connectivity index is 2.35. The summed E-state index contributed by atoms with van der Waals surface area (Å²) in [6.45, 7) is 0. The van der Waals surface area contributed by atoms with E-state index in [1.54, 1.807) is 5.38 Å². The van der Waals surface area contributed by atoms with Gasteiger partial charge in [-0.3, -0.25) is 4.79 Å². The van der Waals surface area contributed by atoms with Crippen molar-refractivity contribution in [1.82, 2.24) is 0 Å². The second kappa shape index (κ2) is 5.11. The van der Waals surface area contributed by atoms with Gasteiger partial charge in [0.15, 0.2) is 15.6 Å². The lowest BCUT2D eigenvalue weighted by molar-refractivity contribution is 0.0984. The molecule has 1 aliphatic rings. The van der Waals surface area contributed by atoms with Crippen molar-refractivity contribution in [3.05, 3.63) is 19.2 Å². The van der Waals surface area contributed by atoms with Gasteiger partial charge >= 0.3 is 0 Å². The molecular weight excluding hydrogens is 392 g/mol. The van der Waals surface area contributed by atoms with Gasteiger partial charge in [0.25, 0.3) is 0 Å². The maximum absolute atomic E-state index is 12.2. The molecule has 1 aromatic rings. The van der Waals surface area contributed by atoms with Gasteiger partial charge in [-0.15, -0.1) is 11.3 Å². The van der Waals surface area contributed by atoms with E-state index >= 15 is 0 Å². The second-order valence-electron chi connectivity index (χ2n) is 3.94. The van der Waals surface area contributed by atoms with E-state index in [4.69, 9.17) is 0 Å². The molecule has 2 rings (SSSR count). The molecule has 2 heterocycles. The van der Waals surface area contributed by atoms with E-state index in [1.165, 1.54) is 11.3 Å². The number of Topliss-reactive ketones (excluding diaryl/α,β-unsaturated/α-hetero) is 1. The van der Waals surface area contributed by atoms with Gasteiger partial charge in [-0.25, -0.2) is 8.42 Å². The molecule has 0 spiro atoms. The van der Waals surface area contributed by atoms with Crippen LogP contribution >= 0.6 is 43.2 Å². The molecule has 1 saturated heterocycles. The van der Waals surface area contributed by atoms with Crippen LogP contribution in [-0.2, 0) is 9.84 Å². The monoisotopic (exact) mass is 400 g/mol. The number of ketones is 1. The first-order valence-corrected chi connectivity index (χ1v) is 9.30. The fraction of sp³-hybridized carbons (Fsp3) is 0.500. The molecule has 94 valence electrons. The van der Waals surface area contributed by atoms with Gasteiger partial charge in [0.05, 0.1) is 15.1 Å². The molecular formula is C10H10Br2O3S2.